The second-order valence-corrected chi connectivity index (χ2v) is 6.72. The third-order valence-corrected chi connectivity index (χ3v) is 4.76. The second-order valence-electron chi connectivity index (χ2n) is 5.64. The number of rotatable bonds is 4. The topological polar surface area (TPSA) is 49.3 Å². The van der Waals surface area contributed by atoms with Crippen molar-refractivity contribution in [2.75, 3.05) is 13.2 Å². The first kappa shape index (κ1) is 15.1. The molecule has 1 fully saturated rings. The Morgan fingerprint density at radius 3 is 2.90 bits per heavy atom. The highest BCUT2D eigenvalue weighted by Gasteiger charge is 2.29. The van der Waals surface area contributed by atoms with Crippen molar-refractivity contribution in [3.8, 4) is 11.8 Å². The van der Waals surface area contributed by atoms with Gasteiger partial charge in [-0.05, 0) is 30.4 Å². The van der Waals surface area contributed by atoms with Crippen LogP contribution < -0.4 is 5.32 Å². The average molecular weight is 291 g/mol. The van der Waals surface area contributed by atoms with Gasteiger partial charge in [0.25, 0.3) is 5.91 Å². The molecular formula is C16H21NO2S. The number of nitrogens with one attached hydrogen (secondary N) is 1. The number of aliphatic hydroxyl groups is 1. The fourth-order valence-corrected chi connectivity index (χ4v) is 3.32. The summed E-state index contributed by atoms with van der Waals surface area (Å²) in [5.41, 5.74) is 0.274. The van der Waals surface area contributed by atoms with Gasteiger partial charge in [0, 0.05) is 13.0 Å². The zero-order valence-electron chi connectivity index (χ0n) is 11.9. The molecule has 0 saturated heterocycles. The van der Waals surface area contributed by atoms with Crippen molar-refractivity contribution in [2.24, 2.45) is 5.41 Å². The first-order valence-electron chi connectivity index (χ1n) is 7.11. The summed E-state index contributed by atoms with van der Waals surface area (Å²) in [6, 6.07) is 3.68. The number of aliphatic hydroxyl groups excluding tert-OH is 1. The maximum absolute atomic E-state index is 12.1. The van der Waals surface area contributed by atoms with E-state index in [2.05, 4.69) is 24.1 Å². The molecule has 0 unspecified atom stereocenters. The van der Waals surface area contributed by atoms with Gasteiger partial charge in [-0.3, -0.25) is 4.79 Å². The Hall–Kier alpha value is -1.31. The quantitative estimate of drug-likeness (QED) is 0.838. The SMILES string of the molecule is CC1(CNC(=O)c2ccc(C#CCCO)s2)CCCC1. The van der Waals surface area contributed by atoms with Crippen molar-refractivity contribution < 1.29 is 9.90 Å². The minimum atomic E-state index is -0.00154. The van der Waals surface area contributed by atoms with Gasteiger partial charge in [0.15, 0.2) is 0 Å². The first-order chi connectivity index (χ1) is 9.63. The third-order valence-electron chi connectivity index (χ3n) is 3.76. The lowest BCUT2D eigenvalue weighted by Gasteiger charge is -2.23. The lowest BCUT2D eigenvalue weighted by molar-refractivity contribution is 0.0938. The summed E-state index contributed by atoms with van der Waals surface area (Å²) in [7, 11) is 0. The average Bonchev–Trinajstić information content (AvgIpc) is 3.06. The van der Waals surface area contributed by atoms with Crippen LogP contribution in [0.5, 0.6) is 0 Å². The Morgan fingerprint density at radius 2 is 2.20 bits per heavy atom. The summed E-state index contributed by atoms with van der Waals surface area (Å²) in [5.74, 6) is 5.82. The Balaban J connectivity index is 1.88. The summed E-state index contributed by atoms with van der Waals surface area (Å²) >= 11 is 1.41. The molecule has 0 spiro atoms. The monoisotopic (exact) mass is 291 g/mol. The Labute approximate surface area is 124 Å². The molecule has 1 aromatic rings. The van der Waals surface area contributed by atoms with E-state index in [1.54, 1.807) is 0 Å². The van der Waals surface area contributed by atoms with E-state index in [1.807, 2.05) is 12.1 Å². The predicted molar refractivity (Wildman–Crippen MR) is 81.8 cm³/mol. The zero-order valence-corrected chi connectivity index (χ0v) is 12.7. The highest BCUT2D eigenvalue weighted by molar-refractivity contribution is 7.14. The van der Waals surface area contributed by atoms with Gasteiger partial charge in [-0.25, -0.2) is 0 Å². The van der Waals surface area contributed by atoms with E-state index >= 15 is 0 Å². The lowest BCUT2D eigenvalue weighted by Crippen LogP contribution is -2.33. The Bertz CT molecular complexity index is 518. The molecule has 0 aromatic carbocycles. The highest BCUT2D eigenvalue weighted by Crippen LogP contribution is 2.36. The van der Waals surface area contributed by atoms with E-state index in [9.17, 15) is 4.79 Å². The first-order valence-corrected chi connectivity index (χ1v) is 7.92. The van der Waals surface area contributed by atoms with Crippen LogP contribution in [0.15, 0.2) is 12.1 Å². The summed E-state index contributed by atoms with van der Waals surface area (Å²) in [4.78, 5) is 13.7. The minimum Gasteiger partial charge on any atom is -0.395 e. The molecule has 0 radical (unpaired) electrons. The fraction of sp³-hybridized carbons (Fsp3) is 0.562. The normalized spacial score (nSPS) is 16.5. The summed E-state index contributed by atoms with van der Waals surface area (Å²) in [5, 5.41) is 11.7. The highest BCUT2D eigenvalue weighted by atomic mass is 32.1. The van der Waals surface area contributed by atoms with Crippen LogP contribution in [0.2, 0.25) is 0 Å². The van der Waals surface area contributed by atoms with Gasteiger partial charge >= 0.3 is 0 Å². The molecule has 0 atom stereocenters. The molecule has 1 aliphatic rings. The fourth-order valence-electron chi connectivity index (χ4n) is 2.52. The number of thiophene rings is 1. The van der Waals surface area contributed by atoms with Crippen LogP contribution >= 0.6 is 11.3 Å². The van der Waals surface area contributed by atoms with Crippen LogP contribution in [0.1, 0.15) is 53.6 Å². The van der Waals surface area contributed by atoms with Crippen molar-refractivity contribution in [3.05, 3.63) is 21.9 Å². The van der Waals surface area contributed by atoms with Gasteiger partial charge in [-0.2, -0.15) is 0 Å². The molecule has 0 bridgehead atoms. The van der Waals surface area contributed by atoms with Crippen LogP contribution in [0, 0.1) is 17.3 Å². The second kappa shape index (κ2) is 6.92. The molecule has 1 aromatic heterocycles. The molecule has 1 amide bonds. The molecule has 0 aliphatic heterocycles. The van der Waals surface area contributed by atoms with Crippen LogP contribution in [0.4, 0.5) is 0 Å². The van der Waals surface area contributed by atoms with Crippen LogP contribution in [-0.4, -0.2) is 24.2 Å². The van der Waals surface area contributed by atoms with Crippen LogP contribution in [-0.2, 0) is 0 Å². The number of hydrogen-bond acceptors (Lipinski definition) is 3. The van der Waals surface area contributed by atoms with Crippen molar-refractivity contribution in [1.82, 2.24) is 5.32 Å². The van der Waals surface area contributed by atoms with E-state index in [1.165, 1.54) is 37.0 Å². The number of carbonyl (C=O) groups excluding carboxylic acids is 1. The third kappa shape index (κ3) is 4.09. The molecule has 108 valence electrons. The van der Waals surface area contributed by atoms with Crippen molar-refractivity contribution in [3.63, 3.8) is 0 Å². The molecule has 3 nitrogen and oxygen atoms in total. The van der Waals surface area contributed by atoms with E-state index in [-0.39, 0.29) is 17.9 Å². The Kier molecular flexibility index (Phi) is 5.22. The van der Waals surface area contributed by atoms with Crippen molar-refractivity contribution in [1.29, 1.82) is 0 Å². The maximum atomic E-state index is 12.1. The number of hydrogen-bond donors (Lipinski definition) is 2. The minimum absolute atomic E-state index is 0.00154. The molecule has 2 rings (SSSR count). The van der Waals surface area contributed by atoms with Gasteiger partial charge in [-0.15, -0.1) is 11.3 Å². The molecule has 4 heteroatoms. The van der Waals surface area contributed by atoms with Gasteiger partial charge in [0.2, 0.25) is 0 Å². The molecule has 20 heavy (non-hydrogen) atoms. The molecular weight excluding hydrogens is 270 g/mol. The van der Waals surface area contributed by atoms with Gasteiger partial charge in [0.1, 0.15) is 0 Å². The largest absolute Gasteiger partial charge is 0.395 e. The number of carbonyl (C=O) groups is 1. The molecule has 2 N–H and O–H groups in total. The number of amides is 1. The predicted octanol–water partition coefficient (Wildman–Crippen LogP) is 2.79. The lowest BCUT2D eigenvalue weighted by atomic mass is 9.89. The smallest absolute Gasteiger partial charge is 0.261 e. The van der Waals surface area contributed by atoms with Crippen molar-refractivity contribution >= 4 is 17.2 Å². The molecule has 1 saturated carbocycles. The van der Waals surface area contributed by atoms with Gasteiger partial charge in [-0.1, -0.05) is 31.6 Å². The van der Waals surface area contributed by atoms with Gasteiger partial charge < -0.3 is 10.4 Å². The van der Waals surface area contributed by atoms with E-state index < -0.39 is 0 Å². The summed E-state index contributed by atoms with van der Waals surface area (Å²) in [6.07, 6.45) is 5.43. The standard InChI is InChI=1S/C16H21NO2S/c1-16(9-3-4-10-16)12-17-15(19)14-8-7-13(20-14)6-2-5-11-18/h7-8,18H,3-5,9-12H2,1H3,(H,17,19). The zero-order chi connectivity index (χ0) is 14.4. The van der Waals surface area contributed by atoms with E-state index in [4.69, 9.17) is 5.11 Å². The van der Waals surface area contributed by atoms with Crippen LogP contribution in [0.3, 0.4) is 0 Å². The maximum Gasteiger partial charge on any atom is 0.261 e. The van der Waals surface area contributed by atoms with E-state index in [0.29, 0.717) is 11.3 Å². The Morgan fingerprint density at radius 1 is 1.45 bits per heavy atom. The van der Waals surface area contributed by atoms with Gasteiger partial charge in [0.05, 0.1) is 16.4 Å². The van der Waals surface area contributed by atoms with Crippen LogP contribution in [0.25, 0.3) is 0 Å². The summed E-state index contributed by atoms with van der Waals surface area (Å²) in [6.45, 7) is 3.08. The van der Waals surface area contributed by atoms with Crippen molar-refractivity contribution in [2.45, 2.75) is 39.0 Å². The summed E-state index contributed by atoms with van der Waals surface area (Å²) < 4.78 is 0. The van der Waals surface area contributed by atoms with E-state index in [0.717, 1.165) is 11.4 Å². The molecule has 1 heterocycles. The molecule has 1 aliphatic carbocycles.